The van der Waals surface area contributed by atoms with E-state index in [0.717, 1.165) is 30.7 Å². The maximum Gasteiger partial charge on any atom is 0.319 e. The van der Waals surface area contributed by atoms with Gasteiger partial charge in [0.05, 0.1) is 32.3 Å². The molecule has 8 rings (SSSR count). The van der Waals surface area contributed by atoms with Crippen LogP contribution in [-0.4, -0.2) is 72.0 Å². The van der Waals surface area contributed by atoms with Gasteiger partial charge in [-0.05, 0) is 60.6 Å². The summed E-state index contributed by atoms with van der Waals surface area (Å²) in [6.07, 6.45) is 2.56. The first kappa shape index (κ1) is 42.9. The van der Waals surface area contributed by atoms with E-state index in [2.05, 4.69) is 69.0 Å². The molecule has 3 aromatic heterocycles. The Morgan fingerprint density at radius 2 is 1.82 bits per heavy atom. The van der Waals surface area contributed by atoms with Crippen molar-refractivity contribution in [2.45, 2.75) is 108 Å². The van der Waals surface area contributed by atoms with Gasteiger partial charge in [-0.25, -0.2) is 18.2 Å². The van der Waals surface area contributed by atoms with E-state index in [1.807, 2.05) is 17.9 Å². The van der Waals surface area contributed by atoms with Crippen molar-refractivity contribution in [2.75, 3.05) is 42.7 Å². The van der Waals surface area contributed by atoms with E-state index in [9.17, 15) is 9.65 Å². The molecule has 5 aromatic rings. The molecule has 2 fully saturated rings. The van der Waals surface area contributed by atoms with E-state index in [-0.39, 0.29) is 78.5 Å². The average molecular weight is 888 g/mol. The van der Waals surface area contributed by atoms with E-state index in [1.165, 1.54) is 12.1 Å². The number of nitrogens with zero attached hydrogens (tertiary/aromatic N) is 6. The average Bonchev–Trinajstić information content (AvgIpc) is 3.82. The number of nitrogens with two attached hydrogens (primary N) is 2. The SMILES string of the molecule is CC(c1cccnc1N)N1c2nc(OC[C@@]34CCCN3C[C@H](F)C4)nc3c(F)c(-c4ccc(F)c5sc(N)c(C#N)c45)c(Cl)c(c23)OC[C@@H]1C#C[Si](C(C)C)(C(C)C)C(C)C. The van der Waals surface area contributed by atoms with Gasteiger partial charge in [0, 0.05) is 35.7 Å². The molecular formula is C45H50ClF3N8O2SSi. The molecule has 0 amide bonds. The number of anilines is 3. The minimum atomic E-state index is -2.32. The van der Waals surface area contributed by atoms with Gasteiger partial charge in [0.1, 0.15) is 67.5 Å². The molecule has 0 saturated carbocycles. The fraction of sp³-hybridized carbons (Fsp3) is 0.467. The van der Waals surface area contributed by atoms with Gasteiger partial charge in [0.25, 0.3) is 0 Å². The van der Waals surface area contributed by atoms with Crippen LogP contribution < -0.4 is 25.8 Å². The van der Waals surface area contributed by atoms with Crippen molar-refractivity contribution < 1.29 is 22.6 Å². The molecule has 0 bridgehead atoms. The Bertz CT molecular complexity index is 2640. The lowest BCUT2D eigenvalue weighted by atomic mass is 9.95. The Morgan fingerprint density at radius 3 is 2.51 bits per heavy atom. The number of nitrogen functional groups attached to an aromatic ring is 2. The van der Waals surface area contributed by atoms with Gasteiger partial charge in [-0.1, -0.05) is 71.2 Å². The maximum absolute atomic E-state index is 17.9. The second-order valence-electron chi connectivity index (χ2n) is 17.6. The molecule has 2 saturated heterocycles. The molecule has 10 nitrogen and oxygen atoms in total. The fourth-order valence-electron chi connectivity index (χ4n) is 10.5. The van der Waals surface area contributed by atoms with Crippen LogP contribution in [0.3, 0.4) is 0 Å². The van der Waals surface area contributed by atoms with Crippen LogP contribution in [0.25, 0.3) is 32.1 Å². The zero-order valence-electron chi connectivity index (χ0n) is 35.4. The summed E-state index contributed by atoms with van der Waals surface area (Å²) >= 11 is 8.22. The van der Waals surface area contributed by atoms with E-state index in [0.29, 0.717) is 41.0 Å². The number of halogens is 4. The summed E-state index contributed by atoms with van der Waals surface area (Å²) in [5.74, 6) is 2.84. The number of rotatable bonds is 9. The highest BCUT2D eigenvalue weighted by molar-refractivity contribution is 7.23. The molecule has 4 N–H and O–H groups in total. The van der Waals surface area contributed by atoms with Crippen LogP contribution in [0, 0.1) is 34.4 Å². The standard InChI is InChI=1S/C45H50ClF3N8O2SSi/c1-23(2)61(24(3)4,25(5)6)17-13-28-21-58-39-35-38(37(49)34(36(39)46)30-11-12-32(48)40-33(30)31(19-50)42(52)60-40)54-44(59-22-45-14-9-16-56(45)20-27(47)18-45)55-43(35)57(28)26(7)29-10-8-15-53-41(29)51/h8,10-12,15,23-28H,9,14,16,18,20-22,52H2,1-7H3,(H2,51,53)/t26?,27-,28+,45+/m1/s1. The minimum absolute atomic E-state index is 0.00450. The number of nitriles is 1. The number of benzene rings is 2. The predicted molar refractivity (Wildman–Crippen MR) is 241 cm³/mol. The summed E-state index contributed by atoms with van der Waals surface area (Å²) in [6, 6.07) is 6.98. The summed E-state index contributed by atoms with van der Waals surface area (Å²) in [5.41, 5.74) is 17.6. The van der Waals surface area contributed by atoms with Gasteiger partial charge in [-0.15, -0.1) is 16.9 Å². The molecular weight excluding hydrogens is 837 g/mol. The van der Waals surface area contributed by atoms with Gasteiger partial charge in [0.15, 0.2) is 11.6 Å². The smallest absolute Gasteiger partial charge is 0.319 e. The number of pyridine rings is 1. The molecule has 3 aliphatic rings. The first-order valence-electron chi connectivity index (χ1n) is 20.8. The third kappa shape index (κ3) is 6.92. The Kier molecular flexibility index (Phi) is 11.3. The van der Waals surface area contributed by atoms with Gasteiger partial charge >= 0.3 is 6.01 Å². The minimum Gasteiger partial charge on any atom is -0.488 e. The topological polar surface area (TPSA) is 139 Å². The van der Waals surface area contributed by atoms with Gasteiger partial charge in [-0.3, -0.25) is 4.90 Å². The zero-order chi connectivity index (χ0) is 43.7. The summed E-state index contributed by atoms with van der Waals surface area (Å²) < 4.78 is 61.4. The van der Waals surface area contributed by atoms with Crippen molar-refractivity contribution in [3.05, 3.63) is 58.2 Å². The molecule has 320 valence electrons. The van der Waals surface area contributed by atoms with Crippen LogP contribution in [0.2, 0.25) is 21.6 Å². The number of fused-ring (bicyclic) bond motifs is 2. The third-order valence-corrected chi connectivity index (χ3v) is 21.1. The van der Waals surface area contributed by atoms with E-state index in [1.54, 1.807) is 12.3 Å². The van der Waals surface area contributed by atoms with E-state index < -0.39 is 43.5 Å². The molecule has 0 spiro atoms. The summed E-state index contributed by atoms with van der Waals surface area (Å²) in [4.78, 5) is 18.3. The van der Waals surface area contributed by atoms with Crippen LogP contribution in [0.1, 0.15) is 84.9 Å². The molecule has 0 aliphatic carbocycles. The Balaban J connectivity index is 1.42. The van der Waals surface area contributed by atoms with Crippen LogP contribution in [0.5, 0.6) is 11.8 Å². The second kappa shape index (κ2) is 16.1. The monoisotopic (exact) mass is 886 g/mol. The first-order valence-corrected chi connectivity index (χ1v) is 24.3. The fourth-order valence-corrected chi connectivity index (χ4v) is 17.1. The molecule has 0 radical (unpaired) electrons. The lowest BCUT2D eigenvalue weighted by Crippen LogP contribution is -2.45. The van der Waals surface area contributed by atoms with Gasteiger partial charge in [0.2, 0.25) is 0 Å². The Labute approximate surface area is 364 Å². The number of aromatic nitrogens is 3. The van der Waals surface area contributed by atoms with Crippen molar-refractivity contribution in [2.24, 2.45) is 0 Å². The molecule has 61 heavy (non-hydrogen) atoms. The number of alkyl halides is 1. The van der Waals surface area contributed by atoms with Crippen molar-refractivity contribution in [1.29, 1.82) is 5.26 Å². The first-order chi connectivity index (χ1) is 29.0. The lowest BCUT2D eigenvalue weighted by molar-refractivity contribution is 0.107. The van der Waals surface area contributed by atoms with Crippen LogP contribution >= 0.6 is 22.9 Å². The second-order valence-corrected chi connectivity index (χ2v) is 24.6. The molecule has 1 unspecified atom stereocenters. The highest BCUT2D eigenvalue weighted by atomic mass is 35.5. The van der Waals surface area contributed by atoms with Crippen LogP contribution in [0.15, 0.2) is 30.5 Å². The Morgan fingerprint density at radius 1 is 1.08 bits per heavy atom. The zero-order valence-corrected chi connectivity index (χ0v) is 37.9. The lowest BCUT2D eigenvalue weighted by Gasteiger charge is -2.39. The molecule has 2 aromatic carbocycles. The number of thiophene rings is 1. The Hall–Kier alpha value is -4.80. The van der Waals surface area contributed by atoms with Gasteiger partial charge in [-0.2, -0.15) is 15.2 Å². The number of hydrogen-bond donors (Lipinski definition) is 2. The quantitative estimate of drug-likeness (QED) is 0.109. The predicted octanol–water partition coefficient (Wildman–Crippen LogP) is 10.4. The third-order valence-electron chi connectivity index (χ3n) is 13.4. The molecule has 6 heterocycles. The molecule has 4 atom stereocenters. The number of hydrogen-bond acceptors (Lipinski definition) is 11. The van der Waals surface area contributed by atoms with Crippen molar-refractivity contribution in [3.63, 3.8) is 0 Å². The summed E-state index contributed by atoms with van der Waals surface area (Å²) in [5, 5.41) is 10.4. The number of ether oxygens (including phenoxy) is 2. The molecule has 3 aliphatic heterocycles. The molecule has 16 heteroatoms. The van der Waals surface area contributed by atoms with Crippen molar-refractivity contribution >= 4 is 68.6 Å². The highest BCUT2D eigenvalue weighted by Gasteiger charge is 2.50. The van der Waals surface area contributed by atoms with Crippen molar-refractivity contribution in [3.8, 4) is 40.4 Å². The van der Waals surface area contributed by atoms with E-state index in [4.69, 9.17) is 42.5 Å². The highest BCUT2D eigenvalue weighted by Crippen LogP contribution is 2.52. The van der Waals surface area contributed by atoms with E-state index >= 15 is 8.78 Å². The maximum atomic E-state index is 17.9. The summed E-state index contributed by atoms with van der Waals surface area (Å²) in [6.45, 7) is 16.5. The van der Waals surface area contributed by atoms with Crippen LogP contribution in [-0.2, 0) is 0 Å². The van der Waals surface area contributed by atoms with Gasteiger partial charge < -0.3 is 25.8 Å². The van der Waals surface area contributed by atoms with Crippen LogP contribution in [0.4, 0.5) is 29.8 Å². The summed E-state index contributed by atoms with van der Waals surface area (Å²) in [7, 11) is -2.32. The normalized spacial score (nSPS) is 20.8. The van der Waals surface area contributed by atoms with Crippen molar-refractivity contribution in [1.82, 2.24) is 19.9 Å². The largest absolute Gasteiger partial charge is 0.488 e.